The van der Waals surface area contributed by atoms with E-state index in [1.807, 2.05) is 0 Å². The first-order valence-electron chi connectivity index (χ1n) is 5.40. The standard InChI is InChI=1S/C10H18N2O2/c11-8(10(13)14)5-12-9(6-1-2-6)7-3-4-7/h6-9,12H,1-5,11H2,(H,13,14). The zero-order valence-corrected chi connectivity index (χ0v) is 8.28. The first kappa shape index (κ1) is 9.93. The maximum absolute atomic E-state index is 10.5. The molecule has 0 spiro atoms. The van der Waals surface area contributed by atoms with E-state index in [9.17, 15) is 4.79 Å². The topological polar surface area (TPSA) is 75.3 Å². The van der Waals surface area contributed by atoms with E-state index in [0.717, 1.165) is 11.8 Å². The quantitative estimate of drug-likeness (QED) is 0.569. The number of hydrogen-bond acceptors (Lipinski definition) is 3. The zero-order chi connectivity index (χ0) is 10.1. The van der Waals surface area contributed by atoms with Gasteiger partial charge in [0.15, 0.2) is 0 Å². The summed E-state index contributed by atoms with van der Waals surface area (Å²) in [5, 5.41) is 12.0. The zero-order valence-electron chi connectivity index (χ0n) is 8.28. The highest BCUT2D eigenvalue weighted by atomic mass is 16.4. The Morgan fingerprint density at radius 3 is 2.21 bits per heavy atom. The van der Waals surface area contributed by atoms with Gasteiger partial charge in [-0.1, -0.05) is 0 Å². The lowest BCUT2D eigenvalue weighted by Gasteiger charge is -2.18. The molecule has 14 heavy (non-hydrogen) atoms. The molecule has 1 unspecified atom stereocenters. The summed E-state index contributed by atoms with van der Waals surface area (Å²) in [7, 11) is 0. The molecule has 2 rings (SSSR count). The van der Waals surface area contributed by atoms with E-state index in [0.29, 0.717) is 12.6 Å². The smallest absolute Gasteiger partial charge is 0.321 e. The molecule has 2 aliphatic carbocycles. The third-order valence-corrected chi connectivity index (χ3v) is 3.15. The fourth-order valence-electron chi connectivity index (χ4n) is 1.98. The third kappa shape index (κ3) is 2.45. The molecule has 0 aromatic carbocycles. The molecule has 0 aromatic heterocycles. The number of aliphatic carboxylic acids is 1. The van der Waals surface area contributed by atoms with Gasteiger partial charge in [0.1, 0.15) is 6.04 Å². The van der Waals surface area contributed by atoms with Gasteiger partial charge in [0.05, 0.1) is 0 Å². The Bertz CT molecular complexity index is 212. The molecule has 2 aliphatic rings. The minimum Gasteiger partial charge on any atom is -0.480 e. The van der Waals surface area contributed by atoms with Crippen molar-refractivity contribution in [1.82, 2.24) is 5.32 Å². The van der Waals surface area contributed by atoms with Gasteiger partial charge in [-0.05, 0) is 37.5 Å². The van der Waals surface area contributed by atoms with Crippen LogP contribution in [0.3, 0.4) is 0 Å². The molecule has 4 N–H and O–H groups in total. The molecule has 1 atom stereocenters. The van der Waals surface area contributed by atoms with Crippen molar-refractivity contribution in [2.75, 3.05) is 6.54 Å². The maximum Gasteiger partial charge on any atom is 0.321 e. The summed E-state index contributed by atoms with van der Waals surface area (Å²) in [5.74, 6) is 0.676. The van der Waals surface area contributed by atoms with Gasteiger partial charge in [0, 0.05) is 12.6 Å². The van der Waals surface area contributed by atoms with E-state index in [1.54, 1.807) is 0 Å². The van der Waals surface area contributed by atoms with Crippen LogP contribution in [-0.2, 0) is 4.79 Å². The van der Waals surface area contributed by atoms with Gasteiger partial charge < -0.3 is 16.2 Å². The second-order valence-corrected chi connectivity index (χ2v) is 4.55. The van der Waals surface area contributed by atoms with Gasteiger partial charge in [0.25, 0.3) is 0 Å². The van der Waals surface area contributed by atoms with Crippen molar-refractivity contribution in [2.45, 2.75) is 37.8 Å². The first-order valence-corrected chi connectivity index (χ1v) is 5.40. The third-order valence-electron chi connectivity index (χ3n) is 3.15. The normalized spacial score (nSPS) is 23.9. The Morgan fingerprint density at radius 2 is 1.86 bits per heavy atom. The van der Waals surface area contributed by atoms with Gasteiger partial charge in [-0.2, -0.15) is 0 Å². The minimum atomic E-state index is -0.914. The molecule has 0 amide bonds. The highest BCUT2D eigenvalue weighted by Gasteiger charge is 2.41. The van der Waals surface area contributed by atoms with Crippen molar-refractivity contribution in [3.05, 3.63) is 0 Å². The van der Waals surface area contributed by atoms with E-state index in [4.69, 9.17) is 10.8 Å². The molecule has 0 aromatic rings. The van der Waals surface area contributed by atoms with Crippen LogP contribution in [0, 0.1) is 11.8 Å². The molecular weight excluding hydrogens is 180 g/mol. The predicted molar refractivity (Wildman–Crippen MR) is 52.8 cm³/mol. The highest BCUT2D eigenvalue weighted by molar-refractivity contribution is 5.73. The van der Waals surface area contributed by atoms with Gasteiger partial charge >= 0.3 is 5.97 Å². The van der Waals surface area contributed by atoms with Gasteiger partial charge in [-0.3, -0.25) is 4.79 Å². The van der Waals surface area contributed by atoms with Crippen molar-refractivity contribution >= 4 is 5.97 Å². The molecule has 0 bridgehead atoms. The van der Waals surface area contributed by atoms with Crippen molar-refractivity contribution in [3.63, 3.8) is 0 Å². The van der Waals surface area contributed by atoms with Crippen LogP contribution in [0.5, 0.6) is 0 Å². The van der Waals surface area contributed by atoms with Gasteiger partial charge in [0.2, 0.25) is 0 Å². The summed E-state index contributed by atoms with van der Waals surface area (Å²) in [6, 6.07) is -0.213. The van der Waals surface area contributed by atoms with Crippen molar-refractivity contribution in [3.8, 4) is 0 Å². The van der Waals surface area contributed by atoms with Crippen molar-refractivity contribution in [2.24, 2.45) is 17.6 Å². The Labute approximate surface area is 83.9 Å². The van der Waals surface area contributed by atoms with E-state index in [2.05, 4.69) is 5.32 Å². The van der Waals surface area contributed by atoms with Crippen LogP contribution in [0.15, 0.2) is 0 Å². The van der Waals surface area contributed by atoms with E-state index < -0.39 is 12.0 Å². The second kappa shape index (κ2) is 3.87. The summed E-state index contributed by atoms with van der Waals surface area (Å²) in [4.78, 5) is 10.5. The van der Waals surface area contributed by atoms with Gasteiger partial charge in [-0.15, -0.1) is 0 Å². The lowest BCUT2D eigenvalue weighted by atomic mass is 10.1. The molecule has 2 fully saturated rings. The Balaban J connectivity index is 1.73. The maximum atomic E-state index is 10.5. The van der Waals surface area contributed by atoms with E-state index in [1.165, 1.54) is 25.7 Å². The summed E-state index contributed by atoms with van der Waals surface area (Å²) in [6.45, 7) is 0.410. The van der Waals surface area contributed by atoms with Crippen LogP contribution in [0.25, 0.3) is 0 Å². The molecule has 4 nitrogen and oxygen atoms in total. The number of rotatable bonds is 6. The lowest BCUT2D eigenvalue weighted by molar-refractivity contribution is -0.138. The van der Waals surface area contributed by atoms with Crippen LogP contribution in [-0.4, -0.2) is 29.7 Å². The molecule has 0 aliphatic heterocycles. The number of carbonyl (C=O) groups is 1. The fourth-order valence-corrected chi connectivity index (χ4v) is 1.98. The Morgan fingerprint density at radius 1 is 1.36 bits per heavy atom. The van der Waals surface area contributed by atoms with Crippen molar-refractivity contribution in [1.29, 1.82) is 0 Å². The first-order chi connectivity index (χ1) is 6.68. The predicted octanol–water partition coefficient (Wildman–Crippen LogP) is 0.176. The molecule has 80 valence electrons. The number of carboxylic acid groups (broad SMARTS) is 1. The van der Waals surface area contributed by atoms with E-state index in [-0.39, 0.29) is 0 Å². The number of hydrogen-bond donors (Lipinski definition) is 3. The van der Waals surface area contributed by atoms with Gasteiger partial charge in [-0.25, -0.2) is 0 Å². The molecule has 2 saturated carbocycles. The SMILES string of the molecule is NC(CNC(C1CC1)C1CC1)C(=O)O. The van der Waals surface area contributed by atoms with Crippen LogP contribution < -0.4 is 11.1 Å². The molecule has 4 heteroatoms. The average molecular weight is 198 g/mol. The Kier molecular flexibility index (Phi) is 2.74. The highest BCUT2D eigenvalue weighted by Crippen LogP contribution is 2.44. The number of nitrogens with two attached hydrogens (primary N) is 1. The van der Waals surface area contributed by atoms with Crippen LogP contribution >= 0.6 is 0 Å². The fraction of sp³-hybridized carbons (Fsp3) is 0.900. The summed E-state index contributed by atoms with van der Waals surface area (Å²) < 4.78 is 0. The molecule has 0 radical (unpaired) electrons. The molecular formula is C10H18N2O2. The monoisotopic (exact) mass is 198 g/mol. The largest absolute Gasteiger partial charge is 0.480 e. The lowest BCUT2D eigenvalue weighted by Crippen LogP contribution is -2.45. The summed E-state index contributed by atoms with van der Waals surface area (Å²) in [6.07, 6.45) is 5.21. The molecule has 0 saturated heterocycles. The number of nitrogens with one attached hydrogen (secondary N) is 1. The van der Waals surface area contributed by atoms with E-state index >= 15 is 0 Å². The second-order valence-electron chi connectivity index (χ2n) is 4.55. The molecule has 0 heterocycles. The van der Waals surface area contributed by atoms with Crippen LogP contribution in [0.2, 0.25) is 0 Å². The average Bonchev–Trinajstić information content (AvgIpc) is 2.99. The van der Waals surface area contributed by atoms with Crippen molar-refractivity contribution < 1.29 is 9.90 Å². The van der Waals surface area contributed by atoms with Crippen LogP contribution in [0.4, 0.5) is 0 Å². The minimum absolute atomic E-state index is 0.410. The van der Waals surface area contributed by atoms with Crippen LogP contribution in [0.1, 0.15) is 25.7 Å². The summed E-state index contributed by atoms with van der Waals surface area (Å²) >= 11 is 0. The summed E-state index contributed by atoms with van der Waals surface area (Å²) in [5.41, 5.74) is 5.44. The number of carboxylic acids is 1. The Hall–Kier alpha value is -0.610.